The van der Waals surface area contributed by atoms with Crippen LogP contribution in [0.2, 0.25) is 0 Å². The molecule has 0 aromatic carbocycles. The van der Waals surface area contributed by atoms with Crippen LogP contribution < -0.4 is 5.32 Å². The summed E-state index contributed by atoms with van der Waals surface area (Å²) in [6.45, 7) is -0.162. The lowest BCUT2D eigenvalue weighted by atomic mass is 10.1. The average Bonchev–Trinajstić information content (AvgIpc) is 2.30. The third-order valence-electron chi connectivity index (χ3n) is 1.73. The maximum Gasteiger partial charge on any atom is 0.225 e. The third-order valence-corrected chi connectivity index (χ3v) is 1.73. The van der Waals surface area contributed by atoms with Gasteiger partial charge in [-0.1, -0.05) is 0 Å². The minimum Gasteiger partial charge on any atom is -0.396 e. The first-order valence-corrected chi connectivity index (χ1v) is 3.30. The highest BCUT2D eigenvalue weighted by atomic mass is 16.3. The van der Waals surface area contributed by atoms with Gasteiger partial charge in [0.25, 0.3) is 0 Å². The predicted molar refractivity (Wildman–Crippen MR) is 34.2 cm³/mol. The SMILES string of the molecule is O=C1N[C@@H](CO)C[C@H]1CO. The van der Waals surface area contributed by atoms with E-state index in [4.69, 9.17) is 10.2 Å². The molecule has 0 bridgehead atoms. The zero-order valence-electron chi connectivity index (χ0n) is 5.58. The van der Waals surface area contributed by atoms with Crippen LogP contribution in [0, 0.1) is 5.92 Å². The maximum atomic E-state index is 10.8. The highest BCUT2D eigenvalue weighted by Gasteiger charge is 2.30. The third kappa shape index (κ3) is 1.27. The molecule has 0 aliphatic carbocycles. The number of carbonyl (C=O) groups is 1. The first-order valence-electron chi connectivity index (χ1n) is 3.30. The fourth-order valence-corrected chi connectivity index (χ4v) is 1.11. The molecule has 4 heteroatoms. The van der Waals surface area contributed by atoms with Gasteiger partial charge >= 0.3 is 0 Å². The summed E-state index contributed by atoms with van der Waals surface area (Å²) in [5, 5.41) is 19.8. The Kier molecular flexibility index (Phi) is 2.24. The standard InChI is InChI=1S/C6H11NO3/c8-2-4-1-5(3-9)7-6(4)10/h4-5,8-9H,1-3H2,(H,7,10)/t4-,5+/m0/s1. The lowest BCUT2D eigenvalue weighted by molar-refractivity contribution is -0.123. The van der Waals surface area contributed by atoms with E-state index in [0.29, 0.717) is 6.42 Å². The molecule has 1 fully saturated rings. The number of hydrogen-bond acceptors (Lipinski definition) is 3. The molecule has 2 atom stereocenters. The zero-order valence-corrected chi connectivity index (χ0v) is 5.58. The molecule has 1 heterocycles. The molecule has 1 rings (SSSR count). The van der Waals surface area contributed by atoms with Crippen LogP contribution in [0.25, 0.3) is 0 Å². The molecular weight excluding hydrogens is 134 g/mol. The minimum absolute atomic E-state index is 0.0394. The van der Waals surface area contributed by atoms with Gasteiger partial charge in [0.05, 0.1) is 25.2 Å². The van der Waals surface area contributed by atoms with Gasteiger partial charge < -0.3 is 15.5 Å². The van der Waals surface area contributed by atoms with E-state index in [-0.39, 0.29) is 31.1 Å². The van der Waals surface area contributed by atoms with E-state index in [0.717, 1.165) is 0 Å². The maximum absolute atomic E-state index is 10.8. The van der Waals surface area contributed by atoms with E-state index in [2.05, 4.69) is 5.32 Å². The molecule has 0 spiro atoms. The average molecular weight is 145 g/mol. The monoisotopic (exact) mass is 145 g/mol. The summed E-state index contributed by atoms with van der Waals surface area (Å²) in [6, 6.07) is -0.148. The van der Waals surface area contributed by atoms with Crippen LogP contribution in [0.5, 0.6) is 0 Å². The molecule has 4 nitrogen and oxygen atoms in total. The van der Waals surface area contributed by atoms with Crippen molar-refractivity contribution in [3.05, 3.63) is 0 Å². The number of aliphatic hydroxyl groups is 2. The van der Waals surface area contributed by atoms with Crippen LogP contribution in [0.1, 0.15) is 6.42 Å². The van der Waals surface area contributed by atoms with Gasteiger partial charge in [-0.3, -0.25) is 4.79 Å². The number of amides is 1. The van der Waals surface area contributed by atoms with Crippen molar-refractivity contribution in [3.63, 3.8) is 0 Å². The van der Waals surface area contributed by atoms with Crippen LogP contribution >= 0.6 is 0 Å². The zero-order chi connectivity index (χ0) is 7.56. The highest BCUT2D eigenvalue weighted by Crippen LogP contribution is 2.13. The number of aliphatic hydroxyl groups excluding tert-OH is 2. The van der Waals surface area contributed by atoms with Gasteiger partial charge in [-0.15, -0.1) is 0 Å². The summed E-state index contributed by atoms with van der Waals surface area (Å²) in [6.07, 6.45) is 0.547. The fourth-order valence-electron chi connectivity index (χ4n) is 1.11. The molecule has 10 heavy (non-hydrogen) atoms. The molecule has 0 aromatic heterocycles. The van der Waals surface area contributed by atoms with Crippen molar-refractivity contribution in [3.8, 4) is 0 Å². The second-order valence-corrected chi connectivity index (χ2v) is 2.50. The lowest BCUT2D eigenvalue weighted by Gasteiger charge is -2.02. The molecule has 0 aromatic rings. The second-order valence-electron chi connectivity index (χ2n) is 2.50. The van der Waals surface area contributed by atoms with Gasteiger partial charge in [0, 0.05) is 0 Å². The summed E-state index contributed by atoms with van der Waals surface area (Å²) in [4.78, 5) is 10.8. The largest absolute Gasteiger partial charge is 0.396 e. The summed E-state index contributed by atoms with van der Waals surface area (Å²) >= 11 is 0. The van der Waals surface area contributed by atoms with E-state index in [9.17, 15) is 4.79 Å². The molecule has 1 amide bonds. The Hall–Kier alpha value is -0.610. The normalized spacial score (nSPS) is 32.4. The first kappa shape index (κ1) is 7.50. The van der Waals surface area contributed by atoms with E-state index in [1.807, 2.05) is 0 Å². The van der Waals surface area contributed by atoms with Crippen LogP contribution in [-0.2, 0) is 4.79 Å². The minimum atomic E-state index is -0.308. The van der Waals surface area contributed by atoms with Gasteiger partial charge in [-0.05, 0) is 6.42 Å². The van der Waals surface area contributed by atoms with Crippen LogP contribution in [0.4, 0.5) is 0 Å². The second kappa shape index (κ2) is 2.98. The molecular formula is C6H11NO3. The Labute approximate surface area is 58.9 Å². The van der Waals surface area contributed by atoms with E-state index in [1.165, 1.54) is 0 Å². The number of carbonyl (C=O) groups excluding carboxylic acids is 1. The van der Waals surface area contributed by atoms with Gasteiger partial charge in [-0.25, -0.2) is 0 Å². The highest BCUT2D eigenvalue weighted by molar-refractivity contribution is 5.81. The summed E-state index contributed by atoms with van der Waals surface area (Å²) in [5.41, 5.74) is 0. The lowest BCUT2D eigenvalue weighted by Crippen LogP contribution is -2.29. The Morgan fingerprint density at radius 2 is 2.20 bits per heavy atom. The van der Waals surface area contributed by atoms with Crippen LogP contribution in [-0.4, -0.2) is 35.4 Å². The molecule has 1 saturated heterocycles. The molecule has 0 unspecified atom stereocenters. The van der Waals surface area contributed by atoms with E-state index >= 15 is 0 Å². The van der Waals surface area contributed by atoms with E-state index < -0.39 is 0 Å². The predicted octanol–water partition coefficient (Wildman–Crippen LogP) is -1.52. The van der Waals surface area contributed by atoms with Gasteiger partial charge in [0.1, 0.15) is 0 Å². The fraction of sp³-hybridized carbons (Fsp3) is 0.833. The van der Waals surface area contributed by atoms with Crippen molar-refractivity contribution < 1.29 is 15.0 Å². The summed E-state index contributed by atoms with van der Waals surface area (Å²) in [5.74, 6) is -0.460. The van der Waals surface area contributed by atoms with Gasteiger partial charge in [0.15, 0.2) is 0 Å². The van der Waals surface area contributed by atoms with Crippen LogP contribution in [0.15, 0.2) is 0 Å². The van der Waals surface area contributed by atoms with Gasteiger partial charge in [-0.2, -0.15) is 0 Å². The molecule has 1 aliphatic rings. The topological polar surface area (TPSA) is 69.6 Å². The molecule has 58 valence electrons. The van der Waals surface area contributed by atoms with Crippen molar-refractivity contribution in [1.29, 1.82) is 0 Å². The van der Waals surface area contributed by atoms with Crippen LogP contribution in [0.3, 0.4) is 0 Å². The molecule has 1 aliphatic heterocycles. The van der Waals surface area contributed by atoms with Gasteiger partial charge in [0.2, 0.25) is 5.91 Å². The quantitative estimate of drug-likeness (QED) is 0.442. The van der Waals surface area contributed by atoms with Crippen molar-refractivity contribution >= 4 is 5.91 Å². The molecule has 0 saturated carbocycles. The smallest absolute Gasteiger partial charge is 0.225 e. The summed E-state index contributed by atoms with van der Waals surface area (Å²) in [7, 11) is 0. The van der Waals surface area contributed by atoms with Crippen molar-refractivity contribution in [2.75, 3.05) is 13.2 Å². The van der Waals surface area contributed by atoms with Crippen molar-refractivity contribution in [2.24, 2.45) is 5.92 Å². The Balaban J connectivity index is 2.44. The number of nitrogens with one attached hydrogen (secondary N) is 1. The number of hydrogen-bond donors (Lipinski definition) is 3. The molecule has 0 radical (unpaired) electrons. The summed E-state index contributed by atoms with van der Waals surface area (Å²) < 4.78 is 0. The Morgan fingerprint density at radius 3 is 2.50 bits per heavy atom. The van der Waals surface area contributed by atoms with E-state index in [1.54, 1.807) is 0 Å². The first-order chi connectivity index (χ1) is 4.77. The Bertz CT molecular complexity index is 137. The number of rotatable bonds is 2. The van der Waals surface area contributed by atoms with Crippen molar-refractivity contribution in [1.82, 2.24) is 5.32 Å². The van der Waals surface area contributed by atoms with Crippen molar-refractivity contribution in [2.45, 2.75) is 12.5 Å². The Morgan fingerprint density at radius 1 is 1.50 bits per heavy atom. The molecule has 3 N–H and O–H groups in total.